The molecule has 3 aromatic heterocycles. The molecule has 0 aromatic carbocycles. The van der Waals surface area contributed by atoms with Crippen molar-refractivity contribution in [2.24, 2.45) is 5.73 Å². The van der Waals surface area contributed by atoms with E-state index in [4.69, 9.17) is 15.2 Å². The minimum atomic E-state index is -3.62. The fourth-order valence-electron chi connectivity index (χ4n) is 4.11. The average Bonchev–Trinajstić information content (AvgIpc) is 2.83. The van der Waals surface area contributed by atoms with Crippen molar-refractivity contribution in [1.82, 2.24) is 24.9 Å². The zero-order valence-corrected chi connectivity index (χ0v) is 20.0. The summed E-state index contributed by atoms with van der Waals surface area (Å²) in [6, 6.07) is 5.15. The molecule has 0 bridgehead atoms. The first-order valence-corrected chi connectivity index (χ1v) is 12.7. The topological polar surface area (TPSA) is 172 Å². The monoisotopic (exact) mass is 499 g/mol. The van der Waals surface area contributed by atoms with Crippen LogP contribution in [-0.4, -0.2) is 65.3 Å². The van der Waals surface area contributed by atoms with E-state index in [1.807, 2.05) is 13.0 Å². The van der Waals surface area contributed by atoms with Gasteiger partial charge in [-0.3, -0.25) is 19.5 Å². The molecular weight excluding hydrogens is 474 g/mol. The minimum absolute atomic E-state index is 0.146. The van der Waals surface area contributed by atoms with Gasteiger partial charge in [0.2, 0.25) is 27.8 Å². The summed E-state index contributed by atoms with van der Waals surface area (Å²) in [5, 5.41) is 0. The number of hydrogen-bond donors (Lipinski definition) is 2. The van der Waals surface area contributed by atoms with Gasteiger partial charge in [0.25, 0.3) is 0 Å². The van der Waals surface area contributed by atoms with Crippen molar-refractivity contribution in [1.29, 1.82) is 0 Å². The third-order valence-electron chi connectivity index (χ3n) is 5.69. The second-order valence-corrected chi connectivity index (χ2v) is 9.75. The van der Waals surface area contributed by atoms with Gasteiger partial charge in [0, 0.05) is 36.2 Å². The number of hydrogen-bond acceptors (Lipinski definition) is 10. The Bertz CT molecular complexity index is 1320. The van der Waals surface area contributed by atoms with Crippen molar-refractivity contribution < 1.29 is 22.7 Å². The summed E-state index contributed by atoms with van der Waals surface area (Å²) in [7, 11) is -3.62. The first-order valence-electron chi connectivity index (χ1n) is 10.8. The lowest BCUT2D eigenvalue weighted by atomic mass is 9.67. The van der Waals surface area contributed by atoms with Gasteiger partial charge < -0.3 is 15.2 Å². The zero-order chi connectivity index (χ0) is 25.1. The molecule has 1 aliphatic heterocycles. The maximum absolute atomic E-state index is 13.0. The molecule has 0 radical (unpaired) electrons. The van der Waals surface area contributed by atoms with Crippen molar-refractivity contribution in [3.63, 3.8) is 0 Å². The van der Waals surface area contributed by atoms with Gasteiger partial charge in [0.1, 0.15) is 5.41 Å². The highest BCUT2D eigenvalue weighted by atomic mass is 32.2. The number of amides is 1. The van der Waals surface area contributed by atoms with E-state index in [0.29, 0.717) is 35.1 Å². The number of nitrogens with two attached hydrogens (primary N) is 1. The number of rotatable bonds is 8. The number of aromatic nitrogens is 5. The van der Waals surface area contributed by atoms with Crippen molar-refractivity contribution in [2.75, 3.05) is 30.8 Å². The van der Waals surface area contributed by atoms with E-state index >= 15 is 0 Å². The molecule has 0 aliphatic carbocycles. The van der Waals surface area contributed by atoms with Crippen LogP contribution < -0.4 is 15.2 Å². The molecule has 1 amide bonds. The van der Waals surface area contributed by atoms with Crippen LogP contribution in [0.3, 0.4) is 0 Å². The number of carbonyl (C=O) groups is 1. The van der Waals surface area contributed by atoms with E-state index in [1.165, 1.54) is 12.4 Å². The SMILES string of the molecule is CCOc1cncc(-c2ccc(C3COCCC3(C(N)=O)c3ccnc(NS(C)(=O)=O)n3)nc2)n1. The molecular formula is C22H25N7O5S. The summed E-state index contributed by atoms with van der Waals surface area (Å²) in [6.07, 6.45) is 7.38. The third-order valence-corrected chi connectivity index (χ3v) is 6.25. The summed E-state index contributed by atoms with van der Waals surface area (Å²) in [5.41, 5.74) is 6.83. The molecule has 35 heavy (non-hydrogen) atoms. The highest BCUT2D eigenvalue weighted by Crippen LogP contribution is 2.44. The number of carbonyl (C=O) groups excluding carboxylic acids is 1. The van der Waals surface area contributed by atoms with Crippen LogP contribution >= 0.6 is 0 Å². The van der Waals surface area contributed by atoms with Crippen LogP contribution in [0, 0.1) is 0 Å². The second kappa shape index (κ2) is 9.88. The Labute approximate surface area is 202 Å². The maximum Gasteiger partial charge on any atom is 0.236 e. The second-order valence-electron chi connectivity index (χ2n) is 8.00. The molecule has 4 heterocycles. The standard InChI is InChI=1S/C22H25N7O5S/c1-3-34-19-12-24-11-17(27-19)14-4-5-16(26-10-14)15-13-33-9-7-22(15,20(23)30)18-6-8-25-21(28-18)29-35(2,31)32/h4-6,8,10-12,15H,3,7,9,13H2,1-2H3,(H2,23,30)(H,25,28,29). The molecule has 2 unspecified atom stereocenters. The predicted molar refractivity (Wildman–Crippen MR) is 126 cm³/mol. The number of pyridine rings is 1. The first-order chi connectivity index (χ1) is 16.7. The zero-order valence-electron chi connectivity index (χ0n) is 19.2. The van der Waals surface area contributed by atoms with Gasteiger partial charge in [-0.15, -0.1) is 0 Å². The van der Waals surface area contributed by atoms with Gasteiger partial charge in [-0.1, -0.05) is 0 Å². The molecule has 12 nitrogen and oxygen atoms in total. The molecule has 3 N–H and O–H groups in total. The Hall–Kier alpha value is -3.71. The van der Waals surface area contributed by atoms with Gasteiger partial charge >= 0.3 is 0 Å². The average molecular weight is 500 g/mol. The predicted octanol–water partition coefficient (Wildman–Crippen LogP) is 1.03. The Morgan fingerprint density at radius 3 is 2.74 bits per heavy atom. The quantitative estimate of drug-likeness (QED) is 0.456. The molecule has 0 spiro atoms. The Kier molecular flexibility index (Phi) is 6.89. The summed E-state index contributed by atoms with van der Waals surface area (Å²) >= 11 is 0. The number of nitrogens with zero attached hydrogens (tertiary/aromatic N) is 5. The highest BCUT2D eigenvalue weighted by Gasteiger charge is 2.50. The van der Waals surface area contributed by atoms with Crippen LogP contribution in [0.5, 0.6) is 5.88 Å². The smallest absolute Gasteiger partial charge is 0.236 e. The number of ether oxygens (including phenoxy) is 2. The highest BCUT2D eigenvalue weighted by molar-refractivity contribution is 7.91. The normalized spacial score (nSPS) is 20.2. The van der Waals surface area contributed by atoms with E-state index in [9.17, 15) is 13.2 Å². The van der Waals surface area contributed by atoms with Gasteiger partial charge in [0.15, 0.2) is 0 Å². The molecule has 13 heteroatoms. The van der Waals surface area contributed by atoms with Crippen molar-refractivity contribution in [3.05, 3.63) is 54.4 Å². The Morgan fingerprint density at radius 1 is 1.23 bits per heavy atom. The van der Waals surface area contributed by atoms with E-state index in [-0.39, 0.29) is 25.6 Å². The molecule has 1 fully saturated rings. The molecule has 184 valence electrons. The third kappa shape index (κ3) is 5.20. The number of nitrogens with one attached hydrogen (secondary N) is 1. The minimum Gasteiger partial charge on any atom is -0.477 e. The van der Waals surface area contributed by atoms with Crippen LogP contribution in [0.4, 0.5) is 5.95 Å². The van der Waals surface area contributed by atoms with Crippen LogP contribution in [0.1, 0.15) is 30.7 Å². The van der Waals surface area contributed by atoms with Crippen molar-refractivity contribution in [3.8, 4) is 17.1 Å². The molecule has 2 atom stereocenters. The number of primary amides is 1. The van der Waals surface area contributed by atoms with Gasteiger partial charge in [-0.2, -0.15) is 0 Å². The maximum atomic E-state index is 13.0. The van der Waals surface area contributed by atoms with Gasteiger partial charge in [-0.05, 0) is 31.5 Å². The lowest BCUT2D eigenvalue weighted by Gasteiger charge is -2.40. The number of anilines is 1. The lowest BCUT2D eigenvalue weighted by Crippen LogP contribution is -2.51. The van der Waals surface area contributed by atoms with Gasteiger partial charge in [0.05, 0.1) is 43.3 Å². The van der Waals surface area contributed by atoms with E-state index in [0.717, 1.165) is 6.26 Å². The van der Waals surface area contributed by atoms with Crippen LogP contribution in [0.2, 0.25) is 0 Å². The van der Waals surface area contributed by atoms with Crippen molar-refractivity contribution >= 4 is 21.9 Å². The van der Waals surface area contributed by atoms with E-state index in [1.54, 1.807) is 24.5 Å². The summed E-state index contributed by atoms with van der Waals surface area (Å²) in [6.45, 7) is 2.78. The molecule has 0 saturated carbocycles. The van der Waals surface area contributed by atoms with Crippen LogP contribution in [0.25, 0.3) is 11.3 Å². The Balaban J connectivity index is 1.72. The van der Waals surface area contributed by atoms with E-state index < -0.39 is 27.3 Å². The molecule has 4 rings (SSSR count). The molecule has 3 aromatic rings. The fraction of sp³-hybridized carbons (Fsp3) is 0.364. The fourth-order valence-corrected chi connectivity index (χ4v) is 4.54. The molecule has 1 saturated heterocycles. The molecule has 1 aliphatic rings. The summed E-state index contributed by atoms with van der Waals surface area (Å²) in [5.74, 6) is -0.919. The van der Waals surface area contributed by atoms with Crippen LogP contribution in [-0.2, 0) is 25.0 Å². The van der Waals surface area contributed by atoms with Gasteiger partial charge in [-0.25, -0.2) is 23.4 Å². The lowest BCUT2D eigenvalue weighted by molar-refractivity contribution is -0.128. The summed E-state index contributed by atoms with van der Waals surface area (Å²) in [4.78, 5) is 34.4. The van der Waals surface area contributed by atoms with Crippen molar-refractivity contribution in [2.45, 2.75) is 24.7 Å². The van der Waals surface area contributed by atoms with E-state index in [2.05, 4.69) is 29.6 Å². The largest absolute Gasteiger partial charge is 0.477 e. The van der Waals surface area contributed by atoms with Crippen LogP contribution in [0.15, 0.2) is 43.0 Å². The Morgan fingerprint density at radius 2 is 2.06 bits per heavy atom. The number of sulfonamides is 1. The first kappa shape index (κ1) is 24.4. The summed E-state index contributed by atoms with van der Waals surface area (Å²) < 4.78 is 36.7.